The zero-order valence-electron chi connectivity index (χ0n) is 5.77. The van der Waals surface area contributed by atoms with Gasteiger partial charge >= 0.3 is 0 Å². The molecule has 0 aromatic rings. The standard InChI is InChI=1S/C7H13ClS/c1-9-7-5-3-2-4-6(7)8/h6-7H,2-5H2,1H3/t6-,7-/m1/s1. The zero-order chi connectivity index (χ0) is 6.69. The van der Waals surface area contributed by atoms with Crippen molar-refractivity contribution >= 4 is 23.4 Å². The van der Waals surface area contributed by atoms with Crippen LogP contribution < -0.4 is 0 Å². The molecule has 2 heteroatoms. The van der Waals surface area contributed by atoms with Crippen molar-refractivity contribution in [1.82, 2.24) is 0 Å². The quantitative estimate of drug-likeness (QED) is 0.538. The number of halogens is 1. The first-order valence-corrected chi connectivity index (χ1v) is 5.24. The predicted octanol–water partition coefficient (Wildman–Crippen LogP) is 2.90. The Bertz CT molecular complexity index is 85.0. The number of alkyl halides is 1. The topological polar surface area (TPSA) is 0 Å². The zero-order valence-corrected chi connectivity index (χ0v) is 7.34. The van der Waals surface area contributed by atoms with Gasteiger partial charge in [-0.15, -0.1) is 11.6 Å². The Morgan fingerprint density at radius 3 is 2.44 bits per heavy atom. The number of rotatable bonds is 1. The lowest BCUT2D eigenvalue weighted by atomic mass is 10.00. The lowest BCUT2D eigenvalue weighted by molar-refractivity contribution is 0.523. The van der Waals surface area contributed by atoms with Crippen molar-refractivity contribution in [3.63, 3.8) is 0 Å². The van der Waals surface area contributed by atoms with Gasteiger partial charge in [0, 0.05) is 10.6 Å². The van der Waals surface area contributed by atoms with Gasteiger partial charge < -0.3 is 0 Å². The van der Waals surface area contributed by atoms with Gasteiger partial charge in [-0.2, -0.15) is 11.8 Å². The summed E-state index contributed by atoms with van der Waals surface area (Å²) in [5.41, 5.74) is 0. The maximum absolute atomic E-state index is 6.06. The summed E-state index contributed by atoms with van der Waals surface area (Å²) < 4.78 is 0. The van der Waals surface area contributed by atoms with E-state index in [1.807, 2.05) is 11.8 Å². The largest absolute Gasteiger partial charge is 0.160 e. The van der Waals surface area contributed by atoms with Gasteiger partial charge in [0.25, 0.3) is 0 Å². The highest BCUT2D eigenvalue weighted by Crippen LogP contribution is 2.30. The Balaban J connectivity index is 2.30. The molecule has 1 aliphatic rings. The van der Waals surface area contributed by atoms with Crippen LogP contribution in [0.15, 0.2) is 0 Å². The molecular formula is C7H13ClS. The van der Waals surface area contributed by atoms with E-state index in [9.17, 15) is 0 Å². The average molecular weight is 165 g/mol. The Kier molecular flexibility index (Phi) is 3.20. The number of hydrogen-bond donors (Lipinski definition) is 0. The van der Waals surface area contributed by atoms with Crippen LogP contribution in [-0.2, 0) is 0 Å². The fourth-order valence-corrected chi connectivity index (χ4v) is 2.74. The maximum atomic E-state index is 6.06. The van der Waals surface area contributed by atoms with E-state index in [-0.39, 0.29) is 0 Å². The van der Waals surface area contributed by atoms with Crippen LogP contribution in [0.3, 0.4) is 0 Å². The van der Waals surface area contributed by atoms with Crippen LogP contribution in [-0.4, -0.2) is 16.9 Å². The van der Waals surface area contributed by atoms with Crippen LogP contribution in [0.2, 0.25) is 0 Å². The second kappa shape index (κ2) is 3.72. The molecule has 0 bridgehead atoms. The molecule has 0 spiro atoms. The summed E-state index contributed by atoms with van der Waals surface area (Å²) in [7, 11) is 0. The Labute approximate surface area is 66.3 Å². The molecule has 1 aliphatic carbocycles. The fraction of sp³-hybridized carbons (Fsp3) is 1.00. The summed E-state index contributed by atoms with van der Waals surface area (Å²) in [6.45, 7) is 0. The molecule has 0 unspecified atom stereocenters. The summed E-state index contributed by atoms with van der Waals surface area (Å²) in [6, 6.07) is 0. The van der Waals surface area contributed by atoms with Gasteiger partial charge in [0.1, 0.15) is 0 Å². The molecule has 0 aromatic carbocycles. The third kappa shape index (κ3) is 2.05. The van der Waals surface area contributed by atoms with Gasteiger partial charge in [0.2, 0.25) is 0 Å². The van der Waals surface area contributed by atoms with Crippen molar-refractivity contribution < 1.29 is 0 Å². The van der Waals surface area contributed by atoms with E-state index in [0.717, 1.165) is 5.25 Å². The fourth-order valence-electron chi connectivity index (χ4n) is 1.32. The minimum Gasteiger partial charge on any atom is -0.160 e. The van der Waals surface area contributed by atoms with Crippen LogP contribution in [0, 0.1) is 0 Å². The maximum Gasteiger partial charge on any atom is 0.0454 e. The van der Waals surface area contributed by atoms with Crippen LogP contribution >= 0.6 is 23.4 Å². The monoisotopic (exact) mass is 164 g/mol. The highest BCUT2D eigenvalue weighted by Gasteiger charge is 2.21. The molecule has 54 valence electrons. The smallest absolute Gasteiger partial charge is 0.0454 e. The minimum absolute atomic E-state index is 0.453. The lowest BCUT2D eigenvalue weighted by Gasteiger charge is -2.24. The molecule has 1 saturated carbocycles. The molecule has 1 fully saturated rings. The predicted molar refractivity (Wildman–Crippen MR) is 45.4 cm³/mol. The van der Waals surface area contributed by atoms with Gasteiger partial charge in [0.05, 0.1) is 0 Å². The van der Waals surface area contributed by atoms with Gasteiger partial charge in [-0.3, -0.25) is 0 Å². The first kappa shape index (κ1) is 7.74. The number of hydrogen-bond acceptors (Lipinski definition) is 1. The van der Waals surface area contributed by atoms with E-state index in [1.165, 1.54) is 25.7 Å². The molecular weight excluding hydrogens is 152 g/mol. The minimum atomic E-state index is 0.453. The van der Waals surface area contributed by atoms with Gasteiger partial charge in [-0.25, -0.2) is 0 Å². The Morgan fingerprint density at radius 1 is 1.33 bits per heavy atom. The van der Waals surface area contributed by atoms with Crippen molar-refractivity contribution in [3.8, 4) is 0 Å². The summed E-state index contributed by atoms with van der Waals surface area (Å²) in [5.74, 6) is 0. The second-order valence-corrected chi connectivity index (χ2v) is 4.21. The second-order valence-electron chi connectivity index (χ2n) is 2.57. The van der Waals surface area contributed by atoms with Crippen LogP contribution in [0.5, 0.6) is 0 Å². The molecule has 0 radical (unpaired) electrons. The van der Waals surface area contributed by atoms with E-state index >= 15 is 0 Å². The molecule has 0 aromatic heterocycles. The van der Waals surface area contributed by atoms with Crippen LogP contribution in [0.4, 0.5) is 0 Å². The third-order valence-corrected chi connectivity index (χ3v) is 3.77. The van der Waals surface area contributed by atoms with E-state index in [2.05, 4.69) is 6.26 Å². The molecule has 0 nitrogen and oxygen atoms in total. The first-order chi connectivity index (χ1) is 4.34. The van der Waals surface area contributed by atoms with Gasteiger partial charge in [0.15, 0.2) is 0 Å². The highest BCUT2D eigenvalue weighted by atomic mass is 35.5. The Morgan fingerprint density at radius 2 is 2.00 bits per heavy atom. The molecule has 0 amide bonds. The SMILES string of the molecule is CS[C@@H]1CCCC[C@H]1Cl. The van der Waals surface area contributed by atoms with E-state index in [4.69, 9.17) is 11.6 Å². The Hall–Kier alpha value is 0.640. The van der Waals surface area contributed by atoms with Crippen molar-refractivity contribution in [3.05, 3.63) is 0 Å². The van der Waals surface area contributed by atoms with Crippen molar-refractivity contribution in [2.75, 3.05) is 6.26 Å². The molecule has 0 saturated heterocycles. The van der Waals surface area contributed by atoms with Gasteiger partial charge in [-0.05, 0) is 19.1 Å². The molecule has 9 heavy (non-hydrogen) atoms. The van der Waals surface area contributed by atoms with E-state index in [1.54, 1.807) is 0 Å². The first-order valence-electron chi connectivity index (χ1n) is 3.51. The normalized spacial score (nSPS) is 36.7. The molecule has 1 rings (SSSR count). The van der Waals surface area contributed by atoms with Crippen LogP contribution in [0.25, 0.3) is 0 Å². The molecule has 0 heterocycles. The summed E-state index contributed by atoms with van der Waals surface area (Å²) in [6.07, 6.45) is 7.44. The molecule has 0 N–H and O–H groups in total. The van der Waals surface area contributed by atoms with E-state index < -0.39 is 0 Å². The summed E-state index contributed by atoms with van der Waals surface area (Å²) in [5, 5.41) is 1.19. The van der Waals surface area contributed by atoms with E-state index in [0.29, 0.717) is 5.38 Å². The third-order valence-electron chi connectivity index (χ3n) is 1.92. The lowest BCUT2D eigenvalue weighted by Crippen LogP contribution is -2.21. The van der Waals surface area contributed by atoms with Crippen molar-refractivity contribution in [2.45, 2.75) is 36.3 Å². The number of thioether (sulfide) groups is 1. The summed E-state index contributed by atoms with van der Waals surface area (Å²) in [4.78, 5) is 0. The van der Waals surface area contributed by atoms with Crippen molar-refractivity contribution in [2.24, 2.45) is 0 Å². The highest BCUT2D eigenvalue weighted by molar-refractivity contribution is 7.99. The molecule has 0 aliphatic heterocycles. The van der Waals surface area contributed by atoms with Crippen LogP contribution in [0.1, 0.15) is 25.7 Å². The van der Waals surface area contributed by atoms with Gasteiger partial charge in [-0.1, -0.05) is 12.8 Å². The molecule has 2 atom stereocenters. The summed E-state index contributed by atoms with van der Waals surface area (Å²) >= 11 is 7.98. The average Bonchev–Trinajstić information content (AvgIpc) is 1.89. The van der Waals surface area contributed by atoms with Crippen molar-refractivity contribution in [1.29, 1.82) is 0 Å².